The van der Waals surface area contributed by atoms with Gasteiger partial charge in [-0.1, -0.05) is 6.08 Å². The average Bonchev–Trinajstić information content (AvgIpc) is 2.28. The van der Waals surface area contributed by atoms with Crippen molar-refractivity contribution in [1.82, 2.24) is 9.80 Å². The molecule has 0 aromatic carbocycles. The molecule has 1 unspecified atom stereocenters. The Bertz CT molecular complexity index is 289. The first-order chi connectivity index (χ1) is 7.89. The van der Waals surface area contributed by atoms with Gasteiger partial charge in [-0.3, -0.25) is 9.69 Å². The van der Waals surface area contributed by atoms with Crippen LogP contribution in [0.2, 0.25) is 0 Å². The molecule has 1 atom stereocenters. The largest absolute Gasteiger partial charge is 0.392 e. The van der Waals surface area contributed by atoms with E-state index in [1.54, 1.807) is 4.90 Å². The van der Waals surface area contributed by atoms with Crippen molar-refractivity contribution in [3.63, 3.8) is 0 Å². The van der Waals surface area contributed by atoms with Gasteiger partial charge in [0.1, 0.15) is 0 Å². The van der Waals surface area contributed by atoms with Gasteiger partial charge in [0.15, 0.2) is 0 Å². The summed E-state index contributed by atoms with van der Waals surface area (Å²) >= 11 is 0. The lowest BCUT2D eigenvalue weighted by atomic mass is 9.97. The van der Waals surface area contributed by atoms with Crippen LogP contribution in [0, 0.1) is 0 Å². The van der Waals surface area contributed by atoms with Crippen molar-refractivity contribution >= 4 is 5.91 Å². The Balaban J connectivity index is 2.58. The van der Waals surface area contributed by atoms with E-state index in [-0.39, 0.29) is 12.0 Å². The molecule has 0 aromatic rings. The van der Waals surface area contributed by atoms with Crippen LogP contribution in [-0.2, 0) is 4.79 Å². The molecular weight excluding hydrogens is 216 g/mol. The third-order valence-electron chi connectivity index (χ3n) is 3.50. The van der Waals surface area contributed by atoms with Gasteiger partial charge in [0.2, 0.25) is 5.91 Å². The highest BCUT2D eigenvalue weighted by molar-refractivity contribution is 5.86. The molecule has 4 nitrogen and oxygen atoms in total. The lowest BCUT2D eigenvalue weighted by Crippen LogP contribution is -2.63. The summed E-state index contributed by atoms with van der Waals surface area (Å²) in [4.78, 5) is 15.9. The number of aliphatic hydroxyl groups is 1. The Morgan fingerprint density at radius 2 is 2.18 bits per heavy atom. The second-order valence-corrected chi connectivity index (χ2v) is 5.25. The van der Waals surface area contributed by atoms with Crippen molar-refractivity contribution in [1.29, 1.82) is 0 Å². The third-order valence-corrected chi connectivity index (χ3v) is 3.50. The van der Waals surface area contributed by atoms with Crippen LogP contribution >= 0.6 is 0 Å². The van der Waals surface area contributed by atoms with Gasteiger partial charge < -0.3 is 10.0 Å². The molecule has 1 aliphatic rings. The number of β-amino-alcohol motifs (C(OH)–C–C–N with tert-alkyl or cyclic N) is 1. The third kappa shape index (κ3) is 3.30. The zero-order valence-corrected chi connectivity index (χ0v) is 11.1. The minimum absolute atomic E-state index is 0.125. The Labute approximate surface area is 104 Å². The normalized spacial score (nSPS) is 22.6. The summed E-state index contributed by atoms with van der Waals surface area (Å²) in [6.07, 6.45) is 2.94. The van der Waals surface area contributed by atoms with Crippen LogP contribution in [-0.4, -0.2) is 59.1 Å². The summed E-state index contributed by atoms with van der Waals surface area (Å²) in [5.74, 6) is 0.125. The van der Waals surface area contributed by atoms with Crippen molar-refractivity contribution in [2.45, 2.75) is 38.3 Å². The number of carbonyl (C=O) groups excluding carboxylic acids is 1. The fourth-order valence-electron chi connectivity index (χ4n) is 2.23. The van der Waals surface area contributed by atoms with E-state index >= 15 is 0 Å². The van der Waals surface area contributed by atoms with E-state index < -0.39 is 5.54 Å². The number of rotatable bonds is 5. The van der Waals surface area contributed by atoms with Crippen molar-refractivity contribution in [3.8, 4) is 0 Å². The van der Waals surface area contributed by atoms with Gasteiger partial charge in [-0.25, -0.2) is 0 Å². The van der Waals surface area contributed by atoms with Crippen molar-refractivity contribution in [3.05, 3.63) is 12.7 Å². The molecule has 0 aliphatic carbocycles. The molecule has 4 heteroatoms. The number of hydrogen-bond donors (Lipinski definition) is 1. The maximum Gasteiger partial charge on any atom is 0.242 e. The van der Waals surface area contributed by atoms with Crippen LogP contribution < -0.4 is 0 Å². The number of piperazine rings is 1. The summed E-state index contributed by atoms with van der Waals surface area (Å²) in [7, 11) is 1.83. The van der Waals surface area contributed by atoms with Gasteiger partial charge in [-0.05, 0) is 26.7 Å². The van der Waals surface area contributed by atoms with Crippen molar-refractivity contribution < 1.29 is 9.90 Å². The standard InChI is InChI=1S/C13H24N2O2/c1-5-6-7-11(16)10-15-9-8-14(4)12(17)13(15,2)3/h5,11,16H,1,6-10H2,2-4H3. The predicted molar refractivity (Wildman–Crippen MR) is 68.7 cm³/mol. The van der Waals surface area contributed by atoms with Crippen LogP contribution in [0.5, 0.6) is 0 Å². The molecule has 1 amide bonds. The molecule has 17 heavy (non-hydrogen) atoms. The van der Waals surface area contributed by atoms with Crippen molar-refractivity contribution in [2.75, 3.05) is 26.7 Å². The first-order valence-electron chi connectivity index (χ1n) is 6.19. The maximum atomic E-state index is 12.0. The number of hydrogen-bond acceptors (Lipinski definition) is 3. The Morgan fingerprint density at radius 3 is 2.76 bits per heavy atom. The number of allylic oxidation sites excluding steroid dienone is 1. The number of aliphatic hydroxyl groups excluding tert-OH is 1. The first-order valence-corrected chi connectivity index (χ1v) is 6.19. The molecule has 1 N–H and O–H groups in total. The lowest BCUT2D eigenvalue weighted by Gasteiger charge is -2.45. The predicted octanol–water partition coefficient (Wildman–Crippen LogP) is 0.866. The SMILES string of the molecule is C=CCCC(O)CN1CCN(C)C(=O)C1(C)C. The summed E-state index contributed by atoms with van der Waals surface area (Å²) in [5.41, 5.74) is -0.512. The Hall–Kier alpha value is -0.870. The van der Waals surface area contributed by atoms with Crippen LogP contribution in [0.1, 0.15) is 26.7 Å². The molecule has 1 aliphatic heterocycles. The van der Waals surface area contributed by atoms with Crippen LogP contribution in [0.15, 0.2) is 12.7 Å². The minimum Gasteiger partial charge on any atom is -0.392 e. The molecular formula is C13H24N2O2. The minimum atomic E-state index is -0.512. The van der Waals surface area contributed by atoms with E-state index in [0.717, 1.165) is 19.5 Å². The van der Waals surface area contributed by atoms with Crippen LogP contribution in [0.4, 0.5) is 0 Å². The molecule has 98 valence electrons. The highest BCUT2D eigenvalue weighted by atomic mass is 16.3. The number of carbonyl (C=O) groups is 1. The Kier molecular flexibility index (Phi) is 4.71. The second-order valence-electron chi connectivity index (χ2n) is 5.25. The molecule has 1 saturated heterocycles. The fraction of sp³-hybridized carbons (Fsp3) is 0.769. The fourth-order valence-corrected chi connectivity index (χ4v) is 2.23. The molecule has 0 saturated carbocycles. The van der Waals surface area contributed by atoms with Gasteiger partial charge >= 0.3 is 0 Å². The molecule has 0 spiro atoms. The van der Waals surface area contributed by atoms with E-state index in [1.165, 1.54) is 0 Å². The number of nitrogens with zero attached hydrogens (tertiary/aromatic N) is 2. The van der Waals surface area contributed by atoms with Crippen molar-refractivity contribution in [2.24, 2.45) is 0 Å². The Morgan fingerprint density at radius 1 is 1.53 bits per heavy atom. The summed E-state index contributed by atoms with van der Waals surface area (Å²) in [5, 5.41) is 9.90. The molecule has 1 heterocycles. The maximum absolute atomic E-state index is 12.0. The van der Waals surface area contributed by atoms with Gasteiger partial charge in [0.25, 0.3) is 0 Å². The van der Waals surface area contributed by atoms with Gasteiger partial charge in [-0.15, -0.1) is 6.58 Å². The average molecular weight is 240 g/mol. The molecule has 1 rings (SSSR count). The van der Waals surface area contributed by atoms with Gasteiger partial charge in [0.05, 0.1) is 11.6 Å². The number of amides is 1. The smallest absolute Gasteiger partial charge is 0.242 e. The summed E-state index contributed by atoms with van der Waals surface area (Å²) < 4.78 is 0. The zero-order valence-electron chi connectivity index (χ0n) is 11.1. The monoisotopic (exact) mass is 240 g/mol. The van der Waals surface area contributed by atoms with E-state index in [4.69, 9.17) is 0 Å². The molecule has 0 radical (unpaired) electrons. The lowest BCUT2D eigenvalue weighted by molar-refractivity contribution is -0.148. The molecule has 1 fully saturated rings. The molecule has 0 bridgehead atoms. The van der Waals surface area contributed by atoms with Gasteiger partial charge in [0, 0.05) is 26.7 Å². The first kappa shape index (κ1) is 14.2. The van der Waals surface area contributed by atoms with Gasteiger partial charge in [-0.2, -0.15) is 0 Å². The van der Waals surface area contributed by atoms with E-state index in [9.17, 15) is 9.90 Å². The van der Waals surface area contributed by atoms with Crippen LogP contribution in [0.25, 0.3) is 0 Å². The van der Waals surface area contributed by atoms with Crippen LogP contribution in [0.3, 0.4) is 0 Å². The quantitative estimate of drug-likeness (QED) is 0.725. The summed E-state index contributed by atoms with van der Waals surface area (Å²) in [6, 6.07) is 0. The van der Waals surface area contributed by atoms with E-state index in [2.05, 4.69) is 11.5 Å². The second kappa shape index (κ2) is 5.65. The van der Waals surface area contributed by atoms with E-state index in [0.29, 0.717) is 13.0 Å². The highest BCUT2D eigenvalue weighted by Gasteiger charge is 2.40. The summed E-state index contributed by atoms with van der Waals surface area (Å²) in [6.45, 7) is 9.60. The van der Waals surface area contributed by atoms with E-state index in [1.807, 2.05) is 27.0 Å². The topological polar surface area (TPSA) is 43.8 Å². The highest BCUT2D eigenvalue weighted by Crippen LogP contribution is 2.22. The number of likely N-dealkylation sites (N-methyl/N-ethyl adjacent to an activating group) is 1. The zero-order chi connectivity index (χ0) is 13.1. The molecule has 0 aromatic heterocycles.